The molecule has 7 aromatic rings. The topological polar surface area (TPSA) is 49.6 Å². The van der Waals surface area contributed by atoms with Gasteiger partial charge in [0.15, 0.2) is 5.82 Å². The van der Waals surface area contributed by atoms with Gasteiger partial charge in [0.2, 0.25) is 0 Å². The molecular weight excluding hydrogens is 546 g/mol. The second-order valence-corrected chi connectivity index (χ2v) is 12.2. The molecule has 0 bridgehead atoms. The minimum atomic E-state index is -0.197. The van der Waals surface area contributed by atoms with Crippen LogP contribution in [0.15, 0.2) is 140 Å². The summed E-state index contributed by atoms with van der Waals surface area (Å²) in [5, 5.41) is 12.2. The molecule has 0 atom stereocenters. The predicted octanol–water partition coefficient (Wildman–Crippen LogP) is 10.5. The summed E-state index contributed by atoms with van der Waals surface area (Å²) in [5.41, 5.74) is 12.3. The van der Waals surface area contributed by atoms with Gasteiger partial charge in [-0.3, -0.25) is 0 Å². The van der Waals surface area contributed by atoms with E-state index in [0.717, 1.165) is 61.3 Å². The summed E-state index contributed by atoms with van der Waals surface area (Å²) in [5.74, 6) is 0.702. The van der Waals surface area contributed by atoms with Crippen LogP contribution in [0.1, 0.15) is 30.5 Å². The Morgan fingerprint density at radius 1 is 0.511 bits per heavy atom. The fraction of sp³-hybridized carbons (Fsp3) is 0.0714. The first-order valence-corrected chi connectivity index (χ1v) is 15.2. The molecule has 0 amide bonds. The Hall–Kier alpha value is -5.85. The van der Waals surface area contributed by atoms with E-state index in [1.807, 2.05) is 30.3 Å². The van der Waals surface area contributed by atoms with E-state index in [2.05, 4.69) is 129 Å². The number of benzene rings is 6. The van der Waals surface area contributed by atoms with Gasteiger partial charge >= 0.3 is 0 Å². The molecule has 8 rings (SSSR count). The second kappa shape index (κ2) is 10.4. The van der Waals surface area contributed by atoms with Crippen LogP contribution in [0.4, 0.5) is 0 Å². The van der Waals surface area contributed by atoms with Gasteiger partial charge in [0.1, 0.15) is 0 Å². The standard InChI is InChI=1S/C42H29N3/c1-42(2)36-17-9-16-34(26-43)40(36)35-21-20-31(24-37(35)42)30-14-8-15-32(22-30)39-25-38(28-11-4-3-5-12-28)44-41(45-39)33-19-18-27-10-6-7-13-29(27)23-33/h3-25H,1-2H3. The number of fused-ring (bicyclic) bond motifs is 4. The van der Waals surface area contributed by atoms with Gasteiger partial charge in [0, 0.05) is 27.7 Å². The van der Waals surface area contributed by atoms with Crippen molar-refractivity contribution in [3.05, 3.63) is 156 Å². The molecule has 6 aromatic carbocycles. The van der Waals surface area contributed by atoms with E-state index < -0.39 is 0 Å². The summed E-state index contributed by atoms with van der Waals surface area (Å²) in [6.07, 6.45) is 0. The fourth-order valence-corrected chi connectivity index (χ4v) is 6.73. The summed E-state index contributed by atoms with van der Waals surface area (Å²) >= 11 is 0. The third-order valence-electron chi connectivity index (χ3n) is 9.12. The van der Waals surface area contributed by atoms with Crippen molar-refractivity contribution < 1.29 is 0 Å². The van der Waals surface area contributed by atoms with Gasteiger partial charge in [-0.2, -0.15) is 5.26 Å². The van der Waals surface area contributed by atoms with E-state index in [1.54, 1.807) is 0 Å². The highest BCUT2D eigenvalue weighted by Gasteiger charge is 2.37. The van der Waals surface area contributed by atoms with Gasteiger partial charge in [0.05, 0.1) is 23.0 Å². The maximum Gasteiger partial charge on any atom is 0.160 e. The number of hydrogen-bond donors (Lipinski definition) is 0. The van der Waals surface area contributed by atoms with Crippen LogP contribution >= 0.6 is 0 Å². The number of nitriles is 1. The van der Waals surface area contributed by atoms with Crippen LogP contribution in [0.2, 0.25) is 0 Å². The van der Waals surface area contributed by atoms with E-state index in [1.165, 1.54) is 16.5 Å². The number of nitrogens with zero attached hydrogens (tertiary/aromatic N) is 3. The van der Waals surface area contributed by atoms with Crippen LogP contribution in [0.5, 0.6) is 0 Å². The highest BCUT2D eigenvalue weighted by Crippen LogP contribution is 2.50. The molecule has 1 heterocycles. The van der Waals surface area contributed by atoms with Gasteiger partial charge in [-0.1, -0.05) is 123 Å². The first-order valence-electron chi connectivity index (χ1n) is 15.2. The molecule has 0 radical (unpaired) electrons. The molecule has 3 nitrogen and oxygen atoms in total. The zero-order valence-corrected chi connectivity index (χ0v) is 25.1. The quantitative estimate of drug-likeness (QED) is 0.210. The Labute approximate surface area is 263 Å². The maximum absolute atomic E-state index is 9.84. The lowest BCUT2D eigenvalue weighted by Crippen LogP contribution is -2.15. The SMILES string of the molecule is CC1(C)c2cc(-c3cccc(-c4cc(-c5ccccc5)nc(-c5ccc6ccccc6c5)n4)c3)ccc2-c2c(C#N)cccc21. The Kier molecular flexibility index (Phi) is 6.18. The minimum absolute atomic E-state index is 0.197. The molecule has 1 aliphatic carbocycles. The van der Waals surface area contributed by atoms with Crippen LogP contribution in [-0.4, -0.2) is 9.97 Å². The third kappa shape index (κ3) is 4.51. The number of aromatic nitrogens is 2. The van der Waals surface area contributed by atoms with Crippen molar-refractivity contribution >= 4 is 10.8 Å². The van der Waals surface area contributed by atoms with Crippen LogP contribution in [0.25, 0.3) is 66.9 Å². The predicted molar refractivity (Wildman–Crippen MR) is 184 cm³/mol. The number of hydrogen-bond acceptors (Lipinski definition) is 3. The van der Waals surface area contributed by atoms with Gasteiger partial charge in [-0.25, -0.2) is 9.97 Å². The summed E-state index contributed by atoms with van der Waals surface area (Å²) in [7, 11) is 0. The van der Waals surface area contributed by atoms with Crippen LogP contribution < -0.4 is 0 Å². The average Bonchev–Trinajstić information content (AvgIpc) is 3.34. The smallest absolute Gasteiger partial charge is 0.160 e. The monoisotopic (exact) mass is 575 g/mol. The highest BCUT2D eigenvalue weighted by molar-refractivity contribution is 5.88. The third-order valence-corrected chi connectivity index (χ3v) is 9.12. The lowest BCUT2D eigenvalue weighted by molar-refractivity contribution is 0.660. The Bertz CT molecular complexity index is 2310. The van der Waals surface area contributed by atoms with Gasteiger partial charge < -0.3 is 0 Å². The maximum atomic E-state index is 9.84. The highest BCUT2D eigenvalue weighted by atomic mass is 14.9. The lowest BCUT2D eigenvalue weighted by Gasteiger charge is -2.22. The fourth-order valence-electron chi connectivity index (χ4n) is 6.73. The van der Waals surface area contributed by atoms with Crippen molar-refractivity contribution in [2.75, 3.05) is 0 Å². The molecule has 0 saturated carbocycles. The average molecular weight is 576 g/mol. The molecule has 212 valence electrons. The van der Waals surface area contributed by atoms with Gasteiger partial charge in [-0.05, 0) is 68.9 Å². The minimum Gasteiger partial charge on any atom is -0.228 e. The Balaban J connectivity index is 1.25. The van der Waals surface area contributed by atoms with E-state index >= 15 is 0 Å². The van der Waals surface area contributed by atoms with E-state index in [0.29, 0.717) is 5.82 Å². The zero-order valence-electron chi connectivity index (χ0n) is 25.1. The van der Waals surface area contributed by atoms with Gasteiger partial charge in [0.25, 0.3) is 0 Å². The van der Waals surface area contributed by atoms with Crippen molar-refractivity contribution in [2.45, 2.75) is 19.3 Å². The number of rotatable bonds is 4. The first-order chi connectivity index (χ1) is 22.0. The molecule has 0 unspecified atom stereocenters. The summed E-state index contributed by atoms with van der Waals surface area (Å²) in [4.78, 5) is 10.2. The molecule has 3 heteroatoms. The van der Waals surface area contributed by atoms with Crippen molar-refractivity contribution in [2.24, 2.45) is 0 Å². The van der Waals surface area contributed by atoms with Crippen LogP contribution in [0, 0.1) is 11.3 Å². The van der Waals surface area contributed by atoms with Crippen molar-refractivity contribution in [1.29, 1.82) is 5.26 Å². The summed E-state index contributed by atoms with van der Waals surface area (Å²) in [6, 6.07) is 50.9. The summed E-state index contributed by atoms with van der Waals surface area (Å²) < 4.78 is 0. The largest absolute Gasteiger partial charge is 0.228 e. The van der Waals surface area contributed by atoms with E-state index in [9.17, 15) is 5.26 Å². The molecule has 0 spiro atoms. The second-order valence-electron chi connectivity index (χ2n) is 12.2. The molecule has 1 aliphatic rings. The molecule has 45 heavy (non-hydrogen) atoms. The van der Waals surface area contributed by atoms with Crippen molar-refractivity contribution in [3.63, 3.8) is 0 Å². The first kappa shape index (κ1) is 26.8. The van der Waals surface area contributed by atoms with Crippen LogP contribution in [-0.2, 0) is 5.41 Å². The lowest BCUT2D eigenvalue weighted by atomic mass is 9.81. The van der Waals surface area contributed by atoms with Gasteiger partial charge in [-0.15, -0.1) is 0 Å². The zero-order chi connectivity index (χ0) is 30.5. The van der Waals surface area contributed by atoms with E-state index in [-0.39, 0.29) is 5.41 Å². The van der Waals surface area contributed by atoms with E-state index in [4.69, 9.17) is 9.97 Å². The Morgan fingerprint density at radius 2 is 1.18 bits per heavy atom. The van der Waals surface area contributed by atoms with Crippen LogP contribution in [0.3, 0.4) is 0 Å². The van der Waals surface area contributed by atoms with Crippen molar-refractivity contribution in [1.82, 2.24) is 9.97 Å². The molecule has 0 N–H and O–H groups in total. The molecule has 0 fully saturated rings. The Morgan fingerprint density at radius 3 is 2.00 bits per heavy atom. The van der Waals surface area contributed by atoms with Crippen molar-refractivity contribution in [3.8, 4) is 62.2 Å². The normalized spacial score (nSPS) is 12.8. The molecule has 1 aromatic heterocycles. The summed E-state index contributed by atoms with van der Waals surface area (Å²) in [6.45, 7) is 4.50. The molecular formula is C42H29N3. The molecule has 0 saturated heterocycles. The molecule has 0 aliphatic heterocycles.